The maximum Gasteiger partial charge on any atom is 0.293 e. The molecule has 2 aromatic heterocycles. The van der Waals surface area contributed by atoms with Crippen molar-refractivity contribution in [3.8, 4) is 22.6 Å². The van der Waals surface area contributed by atoms with E-state index in [9.17, 15) is 4.79 Å². The number of aromatic nitrogens is 3. The Morgan fingerprint density at radius 2 is 1.79 bits per heavy atom. The Labute approximate surface area is 197 Å². The summed E-state index contributed by atoms with van der Waals surface area (Å²) in [6, 6.07) is 16.6. The molecule has 176 valence electrons. The van der Waals surface area contributed by atoms with Gasteiger partial charge in [-0.1, -0.05) is 18.2 Å². The van der Waals surface area contributed by atoms with Crippen LogP contribution in [-0.4, -0.2) is 61.1 Å². The third-order valence-corrected chi connectivity index (χ3v) is 5.20. The Morgan fingerprint density at radius 1 is 1.03 bits per heavy atom. The molecule has 0 aliphatic heterocycles. The highest BCUT2D eigenvalue weighted by Gasteiger charge is 2.16. The van der Waals surface area contributed by atoms with Gasteiger partial charge < -0.3 is 24.5 Å². The summed E-state index contributed by atoms with van der Waals surface area (Å²) in [5.74, 6) is 1.71. The number of hydrogen-bond donors (Lipinski definition) is 1. The zero-order chi connectivity index (χ0) is 24.1. The van der Waals surface area contributed by atoms with Crippen LogP contribution in [0.15, 0.2) is 65.6 Å². The van der Waals surface area contributed by atoms with Crippen LogP contribution in [0.1, 0.15) is 0 Å². The molecule has 2 heterocycles. The molecule has 4 rings (SSSR count). The Kier molecular flexibility index (Phi) is 6.93. The Bertz CT molecular complexity index is 1340. The number of pyridine rings is 1. The maximum atomic E-state index is 13.2. The van der Waals surface area contributed by atoms with Crippen LogP contribution in [0.3, 0.4) is 0 Å². The van der Waals surface area contributed by atoms with Crippen molar-refractivity contribution >= 4 is 22.7 Å². The second kappa shape index (κ2) is 10.2. The molecule has 9 heteroatoms. The number of likely N-dealkylation sites (N-methyl/N-ethyl adjacent to an activating group) is 1. The molecule has 1 N–H and O–H groups in total. The third-order valence-electron chi connectivity index (χ3n) is 5.20. The molecule has 0 unspecified atom stereocenters. The van der Waals surface area contributed by atoms with Gasteiger partial charge in [0, 0.05) is 29.4 Å². The summed E-state index contributed by atoms with van der Waals surface area (Å²) in [7, 11) is 7.00. The first-order valence-electron chi connectivity index (χ1n) is 10.8. The molecule has 0 amide bonds. The van der Waals surface area contributed by atoms with Gasteiger partial charge in [0.05, 0.1) is 12.7 Å². The number of methoxy groups -OCH3 is 1. The molecule has 0 spiro atoms. The molecule has 9 nitrogen and oxygen atoms in total. The number of nitrogens with one attached hydrogen (secondary N) is 1. The zero-order valence-electron chi connectivity index (χ0n) is 19.6. The zero-order valence-corrected chi connectivity index (χ0v) is 19.6. The molecule has 0 saturated carbocycles. The molecule has 0 bridgehead atoms. The van der Waals surface area contributed by atoms with Crippen LogP contribution in [-0.2, 0) is 0 Å². The van der Waals surface area contributed by atoms with Gasteiger partial charge in [0.2, 0.25) is 5.95 Å². The van der Waals surface area contributed by atoms with Gasteiger partial charge in [-0.3, -0.25) is 4.79 Å². The van der Waals surface area contributed by atoms with Crippen molar-refractivity contribution in [2.45, 2.75) is 0 Å². The Morgan fingerprint density at radius 3 is 2.50 bits per heavy atom. The number of benzene rings is 2. The summed E-state index contributed by atoms with van der Waals surface area (Å²) in [4.78, 5) is 29.6. The molecule has 0 aliphatic carbocycles. The quantitative estimate of drug-likeness (QED) is 0.406. The highest BCUT2D eigenvalue weighted by molar-refractivity contribution is 5.83. The fourth-order valence-electron chi connectivity index (χ4n) is 3.47. The number of hydrogen-bond acceptors (Lipinski definition) is 8. The second-order valence-electron chi connectivity index (χ2n) is 7.81. The first kappa shape index (κ1) is 23.1. The molecule has 0 atom stereocenters. The minimum absolute atomic E-state index is 0.337. The van der Waals surface area contributed by atoms with Gasteiger partial charge in [-0.2, -0.15) is 4.98 Å². The molecule has 34 heavy (non-hydrogen) atoms. The molecular formula is C25H27N5O4. The highest BCUT2D eigenvalue weighted by Crippen LogP contribution is 2.29. The van der Waals surface area contributed by atoms with Gasteiger partial charge in [0.15, 0.2) is 5.65 Å². The van der Waals surface area contributed by atoms with Gasteiger partial charge >= 0.3 is 0 Å². The number of anilines is 2. The van der Waals surface area contributed by atoms with Crippen molar-refractivity contribution in [1.82, 2.24) is 19.6 Å². The van der Waals surface area contributed by atoms with Crippen LogP contribution >= 0.6 is 0 Å². The molecular weight excluding hydrogens is 434 g/mol. The van der Waals surface area contributed by atoms with E-state index < -0.39 is 0 Å². The number of ether oxygens (including phenoxy) is 2. The van der Waals surface area contributed by atoms with Gasteiger partial charge in [-0.25, -0.2) is 4.98 Å². The predicted molar refractivity (Wildman–Crippen MR) is 132 cm³/mol. The first-order chi connectivity index (χ1) is 16.5. The van der Waals surface area contributed by atoms with E-state index in [-0.39, 0.29) is 5.56 Å². The largest absolute Gasteiger partial charge is 0.496 e. The lowest BCUT2D eigenvalue weighted by Gasteiger charge is -2.13. The minimum atomic E-state index is -0.344. The lowest BCUT2D eigenvalue weighted by Crippen LogP contribution is -2.27. The highest BCUT2D eigenvalue weighted by atomic mass is 16.6. The number of para-hydroxylation sites is 1. The monoisotopic (exact) mass is 461 g/mol. The summed E-state index contributed by atoms with van der Waals surface area (Å²) >= 11 is 0. The van der Waals surface area contributed by atoms with E-state index in [0.29, 0.717) is 40.5 Å². The van der Waals surface area contributed by atoms with Crippen molar-refractivity contribution in [2.24, 2.45) is 0 Å². The molecule has 0 radical (unpaired) electrons. The number of fused-ring (bicyclic) bond motifs is 1. The van der Waals surface area contributed by atoms with Crippen LogP contribution in [0.4, 0.5) is 11.6 Å². The van der Waals surface area contributed by atoms with Gasteiger partial charge in [-0.15, -0.1) is 4.73 Å². The van der Waals surface area contributed by atoms with Crippen molar-refractivity contribution < 1.29 is 14.3 Å². The lowest BCUT2D eigenvalue weighted by atomic mass is 10.1. The van der Waals surface area contributed by atoms with Crippen LogP contribution in [0, 0.1) is 0 Å². The van der Waals surface area contributed by atoms with Crippen molar-refractivity contribution in [1.29, 1.82) is 0 Å². The Hall–Kier alpha value is -4.11. The maximum absolute atomic E-state index is 13.2. The van der Waals surface area contributed by atoms with E-state index in [4.69, 9.17) is 14.3 Å². The average molecular weight is 462 g/mol. The summed E-state index contributed by atoms with van der Waals surface area (Å²) in [5.41, 5.74) is 1.89. The van der Waals surface area contributed by atoms with E-state index in [0.717, 1.165) is 22.7 Å². The van der Waals surface area contributed by atoms with Gasteiger partial charge in [0.25, 0.3) is 5.56 Å². The van der Waals surface area contributed by atoms with Crippen LogP contribution in [0.2, 0.25) is 0 Å². The predicted octanol–water partition coefficient (Wildman–Crippen LogP) is 3.21. The van der Waals surface area contributed by atoms with Gasteiger partial charge in [-0.05, 0) is 50.5 Å². The molecule has 0 saturated heterocycles. The van der Waals surface area contributed by atoms with Gasteiger partial charge in [0.1, 0.15) is 25.2 Å². The van der Waals surface area contributed by atoms with Crippen LogP contribution < -0.4 is 25.2 Å². The second-order valence-corrected chi connectivity index (χ2v) is 7.81. The van der Waals surface area contributed by atoms with E-state index >= 15 is 0 Å². The van der Waals surface area contributed by atoms with E-state index in [1.165, 1.54) is 7.11 Å². The summed E-state index contributed by atoms with van der Waals surface area (Å²) in [5, 5.41) is 3.81. The van der Waals surface area contributed by atoms with Crippen molar-refractivity contribution in [2.75, 3.05) is 46.8 Å². The normalized spacial score (nSPS) is 11.0. The van der Waals surface area contributed by atoms with Crippen LogP contribution in [0.5, 0.6) is 11.5 Å². The van der Waals surface area contributed by atoms with E-state index in [1.54, 1.807) is 25.4 Å². The van der Waals surface area contributed by atoms with Crippen molar-refractivity contribution in [3.63, 3.8) is 0 Å². The standard InChI is InChI=1S/C25H27N5O4/c1-29(2)13-14-34-19-11-9-18(10-12-19)27-25-26-16-17-15-21(20-7-5-6-8-22(20)32-3)24(31)30(33-4)23(17)28-25/h5-12,15-16H,13-14H2,1-4H3,(H,26,27,28). The summed E-state index contributed by atoms with van der Waals surface area (Å²) in [6.07, 6.45) is 1.65. The third kappa shape index (κ3) is 4.94. The fraction of sp³-hybridized carbons (Fsp3) is 0.240. The fourth-order valence-corrected chi connectivity index (χ4v) is 3.47. The molecule has 4 aromatic rings. The number of nitrogens with zero attached hydrogens (tertiary/aromatic N) is 4. The topological polar surface area (TPSA) is 90.7 Å². The SMILES string of the molecule is COc1ccccc1-c1cc2cnc(Nc3ccc(OCCN(C)C)cc3)nc2n(OC)c1=O. The summed E-state index contributed by atoms with van der Waals surface area (Å²) in [6.45, 7) is 1.45. The van der Waals surface area contributed by atoms with Crippen molar-refractivity contribution in [3.05, 3.63) is 71.1 Å². The van der Waals surface area contributed by atoms with E-state index in [1.807, 2.05) is 56.6 Å². The summed E-state index contributed by atoms with van der Waals surface area (Å²) < 4.78 is 12.3. The van der Waals surface area contributed by atoms with E-state index in [2.05, 4.69) is 20.2 Å². The molecule has 2 aromatic carbocycles. The first-order valence-corrected chi connectivity index (χ1v) is 10.8. The number of rotatable bonds is 9. The molecule has 0 aliphatic rings. The lowest BCUT2D eigenvalue weighted by molar-refractivity contribution is 0.168. The average Bonchev–Trinajstić information content (AvgIpc) is 2.84. The smallest absolute Gasteiger partial charge is 0.293 e. The molecule has 0 fully saturated rings. The Balaban J connectivity index is 1.62. The van der Waals surface area contributed by atoms with Crippen LogP contribution in [0.25, 0.3) is 22.2 Å². The minimum Gasteiger partial charge on any atom is -0.496 e.